The molecule has 1 atom stereocenters. The van der Waals surface area contributed by atoms with Gasteiger partial charge in [0.05, 0.1) is 6.61 Å². The maximum atomic E-state index is 9.73. The summed E-state index contributed by atoms with van der Waals surface area (Å²) in [6, 6.07) is 0. The Hall–Kier alpha value is -0.120. The van der Waals surface area contributed by atoms with Crippen LogP contribution in [0.15, 0.2) is 0 Å². The third-order valence-electron chi connectivity index (χ3n) is 5.14. The van der Waals surface area contributed by atoms with Crippen molar-refractivity contribution in [2.45, 2.75) is 71.3 Å². The largest absolute Gasteiger partial charge is 0.394 e. The summed E-state index contributed by atoms with van der Waals surface area (Å²) in [7, 11) is 0. The number of aliphatic hydroxyl groups is 1. The molecular formula is C17H36N2O. The predicted octanol–water partition coefficient (Wildman–Crippen LogP) is 3.03. The Morgan fingerprint density at radius 1 is 1.20 bits per heavy atom. The molecule has 3 heteroatoms. The number of hydrogen-bond donors (Lipinski definition) is 2. The highest BCUT2D eigenvalue weighted by Gasteiger charge is 2.26. The van der Waals surface area contributed by atoms with Crippen LogP contribution in [0.2, 0.25) is 0 Å². The van der Waals surface area contributed by atoms with Gasteiger partial charge in [0.1, 0.15) is 0 Å². The zero-order valence-corrected chi connectivity index (χ0v) is 14.0. The smallest absolute Gasteiger partial charge is 0.0613 e. The second-order valence-corrected chi connectivity index (χ2v) is 6.52. The molecule has 1 unspecified atom stereocenters. The summed E-state index contributed by atoms with van der Waals surface area (Å²) in [6.07, 6.45) is 8.54. The van der Waals surface area contributed by atoms with E-state index in [1.165, 1.54) is 45.3 Å². The number of piperidine rings is 1. The van der Waals surface area contributed by atoms with Gasteiger partial charge in [-0.15, -0.1) is 0 Å². The molecule has 0 aromatic heterocycles. The van der Waals surface area contributed by atoms with Crippen molar-refractivity contribution in [2.75, 3.05) is 32.8 Å². The number of nitrogens with zero attached hydrogens (tertiary/aromatic N) is 1. The zero-order chi connectivity index (χ0) is 14.8. The van der Waals surface area contributed by atoms with Gasteiger partial charge in [-0.2, -0.15) is 0 Å². The maximum absolute atomic E-state index is 9.73. The van der Waals surface area contributed by atoms with Crippen LogP contribution in [0.1, 0.15) is 65.7 Å². The van der Waals surface area contributed by atoms with E-state index in [4.69, 9.17) is 0 Å². The van der Waals surface area contributed by atoms with E-state index < -0.39 is 0 Å². The lowest BCUT2D eigenvalue weighted by atomic mass is 9.90. The average Bonchev–Trinajstić information content (AvgIpc) is 2.51. The van der Waals surface area contributed by atoms with E-state index in [0.717, 1.165) is 31.7 Å². The first-order valence-corrected chi connectivity index (χ1v) is 8.78. The third-order valence-corrected chi connectivity index (χ3v) is 5.14. The van der Waals surface area contributed by atoms with Crippen LogP contribution < -0.4 is 5.32 Å². The molecule has 1 saturated heterocycles. The standard InChI is InChI=1S/C17H36N2O/c1-4-11-18-17(6-3,15-20)10-7-12-19-13-8-16(5-2)9-14-19/h16,18,20H,4-15H2,1-3H3. The van der Waals surface area contributed by atoms with Crippen LogP contribution in [0, 0.1) is 5.92 Å². The first-order chi connectivity index (χ1) is 9.69. The van der Waals surface area contributed by atoms with Crippen molar-refractivity contribution >= 4 is 0 Å². The molecule has 20 heavy (non-hydrogen) atoms. The number of aliphatic hydroxyl groups excluding tert-OH is 1. The molecule has 0 radical (unpaired) electrons. The van der Waals surface area contributed by atoms with E-state index in [1.807, 2.05) is 0 Å². The van der Waals surface area contributed by atoms with Gasteiger partial charge in [0.15, 0.2) is 0 Å². The molecule has 0 aromatic carbocycles. The Balaban J connectivity index is 2.26. The second kappa shape index (κ2) is 9.75. The van der Waals surface area contributed by atoms with Crippen LogP contribution in [0.4, 0.5) is 0 Å². The van der Waals surface area contributed by atoms with Gasteiger partial charge in [0, 0.05) is 5.54 Å². The van der Waals surface area contributed by atoms with E-state index >= 15 is 0 Å². The number of rotatable bonds is 10. The van der Waals surface area contributed by atoms with E-state index in [-0.39, 0.29) is 12.1 Å². The summed E-state index contributed by atoms with van der Waals surface area (Å²) in [5.74, 6) is 0.963. The SMILES string of the molecule is CCCNC(CC)(CO)CCCN1CCC(CC)CC1. The highest BCUT2D eigenvalue weighted by atomic mass is 16.3. The first kappa shape index (κ1) is 17.9. The molecule has 0 aromatic rings. The van der Waals surface area contributed by atoms with Crippen molar-refractivity contribution < 1.29 is 5.11 Å². The van der Waals surface area contributed by atoms with Gasteiger partial charge in [0.25, 0.3) is 0 Å². The van der Waals surface area contributed by atoms with E-state index in [2.05, 4.69) is 31.0 Å². The summed E-state index contributed by atoms with van der Waals surface area (Å²) in [5, 5.41) is 13.3. The van der Waals surface area contributed by atoms with Gasteiger partial charge in [-0.25, -0.2) is 0 Å². The summed E-state index contributed by atoms with van der Waals surface area (Å²) < 4.78 is 0. The van der Waals surface area contributed by atoms with E-state index in [1.54, 1.807) is 0 Å². The van der Waals surface area contributed by atoms with Gasteiger partial charge in [-0.3, -0.25) is 0 Å². The molecule has 0 saturated carbocycles. The highest BCUT2D eigenvalue weighted by Crippen LogP contribution is 2.22. The van der Waals surface area contributed by atoms with Gasteiger partial charge < -0.3 is 15.3 Å². The van der Waals surface area contributed by atoms with E-state index in [0.29, 0.717) is 0 Å². The molecule has 0 amide bonds. The number of hydrogen-bond acceptors (Lipinski definition) is 3. The molecule has 0 aliphatic carbocycles. The van der Waals surface area contributed by atoms with Crippen molar-refractivity contribution in [1.29, 1.82) is 0 Å². The quantitative estimate of drug-likeness (QED) is 0.647. The minimum Gasteiger partial charge on any atom is -0.394 e. The molecule has 2 N–H and O–H groups in total. The molecular weight excluding hydrogens is 248 g/mol. The molecule has 1 aliphatic heterocycles. The first-order valence-electron chi connectivity index (χ1n) is 8.78. The summed E-state index contributed by atoms with van der Waals surface area (Å²) in [5.41, 5.74) is -0.0439. The molecule has 1 aliphatic rings. The fourth-order valence-electron chi connectivity index (χ4n) is 3.29. The molecule has 1 rings (SSSR count). The molecule has 0 spiro atoms. The molecule has 120 valence electrons. The average molecular weight is 284 g/mol. The number of nitrogens with one attached hydrogen (secondary N) is 1. The van der Waals surface area contributed by atoms with Gasteiger partial charge >= 0.3 is 0 Å². The fourth-order valence-corrected chi connectivity index (χ4v) is 3.29. The lowest BCUT2D eigenvalue weighted by Crippen LogP contribution is -2.49. The van der Waals surface area contributed by atoms with Crippen molar-refractivity contribution in [3.05, 3.63) is 0 Å². The highest BCUT2D eigenvalue weighted by molar-refractivity contribution is 4.86. The third kappa shape index (κ3) is 5.71. The van der Waals surface area contributed by atoms with Crippen LogP contribution in [-0.4, -0.2) is 48.3 Å². The van der Waals surface area contributed by atoms with Crippen LogP contribution in [-0.2, 0) is 0 Å². The van der Waals surface area contributed by atoms with Crippen LogP contribution in [0.5, 0.6) is 0 Å². The Morgan fingerprint density at radius 2 is 1.90 bits per heavy atom. The summed E-state index contributed by atoms with van der Waals surface area (Å²) >= 11 is 0. The molecule has 0 bridgehead atoms. The Kier molecular flexibility index (Phi) is 8.74. The van der Waals surface area contributed by atoms with Crippen LogP contribution >= 0.6 is 0 Å². The summed E-state index contributed by atoms with van der Waals surface area (Å²) in [4.78, 5) is 2.61. The minimum absolute atomic E-state index is 0.0439. The minimum atomic E-state index is -0.0439. The van der Waals surface area contributed by atoms with Crippen molar-refractivity contribution in [3.63, 3.8) is 0 Å². The Morgan fingerprint density at radius 3 is 2.40 bits per heavy atom. The topological polar surface area (TPSA) is 35.5 Å². The lowest BCUT2D eigenvalue weighted by molar-refractivity contribution is 0.130. The van der Waals surface area contributed by atoms with Crippen LogP contribution in [0.25, 0.3) is 0 Å². The Labute approximate surface area is 126 Å². The monoisotopic (exact) mass is 284 g/mol. The Bertz CT molecular complexity index is 233. The second-order valence-electron chi connectivity index (χ2n) is 6.52. The lowest BCUT2D eigenvalue weighted by Gasteiger charge is -2.35. The zero-order valence-electron chi connectivity index (χ0n) is 14.0. The van der Waals surface area contributed by atoms with Crippen molar-refractivity contribution in [2.24, 2.45) is 5.92 Å². The van der Waals surface area contributed by atoms with Gasteiger partial charge in [-0.05, 0) is 70.6 Å². The van der Waals surface area contributed by atoms with E-state index in [9.17, 15) is 5.11 Å². The fraction of sp³-hybridized carbons (Fsp3) is 1.00. The molecule has 1 fully saturated rings. The predicted molar refractivity (Wildman–Crippen MR) is 87.1 cm³/mol. The van der Waals surface area contributed by atoms with Crippen LogP contribution in [0.3, 0.4) is 0 Å². The molecule has 3 nitrogen and oxygen atoms in total. The van der Waals surface area contributed by atoms with Crippen molar-refractivity contribution in [1.82, 2.24) is 10.2 Å². The van der Waals surface area contributed by atoms with Crippen molar-refractivity contribution in [3.8, 4) is 0 Å². The maximum Gasteiger partial charge on any atom is 0.0613 e. The normalized spacial score (nSPS) is 21.0. The molecule has 1 heterocycles. The van der Waals surface area contributed by atoms with Gasteiger partial charge in [-0.1, -0.05) is 27.2 Å². The number of likely N-dealkylation sites (tertiary alicyclic amines) is 1. The van der Waals surface area contributed by atoms with Gasteiger partial charge in [0.2, 0.25) is 0 Å². The summed E-state index contributed by atoms with van der Waals surface area (Å²) in [6.45, 7) is 11.7.